The zero-order chi connectivity index (χ0) is 17.4. The predicted molar refractivity (Wildman–Crippen MR) is 104 cm³/mol. The number of fused-ring (bicyclic) bond motifs is 3. The van der Waals surface area contributed by atoms with Gasteiger partial charge in [0.25, 0.3) is 5.91 Å². The highest BCUT2D eigenvalue weighted by Gasteiger charge is 2.40. The Bertz CT molecular complexity index is 748. The van der Waals surface area contributed by atoms with Gasteiger partial charge in [-0.3, -0.25) is 9.69 Å². The van der Waals surface area contributed by atoms with Crippen LogP contribution < -0.4 is 11.1 Å². The number of nitrogen functional groups attached to an aromatic ring is 1. The molecule has 0 spiro atoms. The fourth-order valence-electron chi connectivity index (χ4n) is 3.92. The van der Waals surface area contributed by atoms with Gasteiger partial charge in [-0.2, -0.15) is 0 Å². The lowest BCUT2D eigenvalue weighted by Crippen LogP contribution is -2.62. The molecule has 4 nitrogen and oxygen atoms in total. The molecule has 0 unspecified atom stereocenters. The van der Waals surface area contributed by atoms with Crippen LogP contribution >= 0.6 is 23.1 Å². The SMILES string of the molecule is C[C@H]1[C@H](NC(=O)c2ccc(Sc3ccc(N)cc3)s2)C2CCN1CC2. The van der Waals surface area contributed by atoms with Gasteiger partial charge in [-0.25, -0.2) is 0 Å². The Balaban J connectivity index is 1.41. The third-order valence-electron chi connectivity index (χ3n) is 5.38. The number of amides is 1. The molecule has 6 heteroatoms. The largest absolute Gasteiger partial charge is 0.399 e. The Morgan fingerprint density at radius 1 is 1.20 bits per heavy atom. The molecule has 2 aromatic rings. The van der Waals surface area contributed by atoms with Gasteiger partial charge >= 0.3 is 0 Å². The van der Waals surface area contributed by atoms with Crippen LogP contribution in [0.15, 0.2) is 45.5 Å². The molecule has 1 amide bonds. The van der Waals surface area contributed by atoms with Gasteiger partial charge in [-0.05, 0) is 75.2 Å². The van der Waals surface area contributed by atoms with Crippen molar-refractivity contribution in [2.45, 2.75) is 41.0 Å². The van der Waals surface area contributed by atoms with E-state index in [9.17, 15) is 4.79 Å². The van der Waals surface area contributed by atoms with Gasteiger partial charge < -0.3 is 11.1 Å². The zero-order valence-corrected chi connectivity index (χ0v) is 15.9. The standard InChI is InChI=1S/C19H23N3OS2/c1-12-18(13-8-10-22(12)11-9-13)21-19(23)16-6-7-17(25-16)24-15-4-2-14(20)3-5-15/h2-7,12-13,18H,8-11,20H2,1H3,(H,21,23)/t12-,18-/m0/s1. The second-order valence-corrected chi connectivity index (χ2v) is 9.36. The fourth-order valence-corrected chi connectivity index (χ4v) is 5.92. The van der Waals surface area contributed by atoms with Crippen molar-refractivity contribution in [3.63, 3.8) is 0 Å². The minimum atomic E-state index is 0.0692. The normalized spacial score (nSPS) is 28.0. The Kier molecular flexibility index (Phi) is 4.75. The van der Waals surface area contributed by atoms with Crippen molar-refractivity contribution in [2.24, 2.45) is 5.92 Å². The molecule has 3 aliphatic heterocycles. The smallest absolute Gasteiger partial charge is 0.261 e. The summed E-state index contributed by atoms with van der Waals surface area (Å²) in [7, 11) is 0. The first-order chi connectivity index (χ1) is 12.1. The van der Waals surface area contributed by atoms with Gasteiger partial charge in [0.2, 0.25) is 0 Å². The molecule has 3 aliphatic rings. The second-order valence-electron chi connectivity index (χ2n) is 6.90. The lowest BCUT2D eigenvalue weighted by molar-refractivity contribution is 0.0218. The minimum Gasteiger partial charge on any atom is -0.399 e. The van der Waals surface area contributed by atoms with E-state index in [1.54, 1.807) is 23.1 Å². The van der Waals surface area contributed by atoms with Gasteiger partial charge in [0.15, 0.2) is 0 Å². The summed E-state index contributed by atoms with van der Waals surface area (Å²) in [6.07, 6.45) is 2.41. The molecule has 1 aromatic heterocycles. The van der Waals surface area contributed by atoms with Crippen LogP contribution in [0.5, 0.6) is 0 Å². The highest BCUT2D eigenvalue weighted by Crippen LogP contribution is 2.35. The van der Waals surface area contributed by atoms with E-state index in [0.717, 1.165) is 19.7 Å². The topological polar surface area (TPSA) is 58.4 Å². The molecule has 3 fully saturated rings. The molecule has 0 radical (unpaired) electrons. The molecule has 1 aromatic carbocycles. The van der Waals surface area contributed by atoms with Gasteiger partial charge in [-0.1, -0.05) is 11.8 Å². The molecule has 2 bridgehead atoms. The van der Waals surface area contributed by atoms with Crippen LogP contribution in [0, 0.1) is 5.92 Å². The summed E-state index contributed by atoms with van der Waals surface area (Å²) in [6, 6.07) is 12.5. The number of nitrogens with zero attached hydrogens (tertiary/aromatic N) is 1. The Morgan fingerprint density at radius 3 is 2.60 bits per heavy atom. The van der Waals surface area contributed by atoms with Crippen LogP contribution in [0.25, 0.3) is 0 Å². The molecule has 132 valence electrons. The summed E-state index contributed by atoms with van der Waals surface area (Å²) in [5.41, 5.74) is 6.49. The molecule has 2 atom stereocenters. The molecule has 3 N–H and O–H groups in total. The maximum atomic E-state index is 12.7. The van der Waals surface area contributed by atoms with Crippen LogP contribution in [0.1, 0.15) is 29.4 Å². The van der Waals surface area contributed by atoms with Gasteiger partial charge in [-0.15, -0.1) is 11.3 Å². The van der Waals surface area contributed by atoms with Gasteiger partial charge in [0, 0.05) is 22.7 Å². The van der Waals surface area contributed by atoms with Crippen LogP contribution in [0.2, 0.25) is 0 Å². The summed E-state index contributed by atoms with van der Waals surface area (Å²) in [5, 5.41) is 3.31. The Labute approximate surface area is 156 Å². The van der Waals surface area contributed by atoms with Crippen molar-refractivity contribution in [2.75, 3.05) is 18.8 Å². The van der Waals surface area contributed by atoms with E-state index in [4.69, 9.17) is 5.73 Å². The highest BCUT2D eigenvalue weighted by molar-refractivity contribution is 8.01. The number of thiophene rings is 1. The number of nitrogens with one attached hydrogen (secondary N) is 1. The zero-order valence-electron chi connectivity index (χ0n) is 14.3. The molecular formula is C19H23N3OS2. The van der Waals surface area contributed by atoms with E-state index in [0.29, 0.717) is 12.0 Å². The van der Waals surface area contributed by atoms with E-state index in [1.807, 2.05) is 36.4 Å². The lowest BCUT2D eigenvalue weighted by atomic mass is 9.79. The van der Waals surface area contributed by atoms with E-state index in [-0.39, 0.29) is 11.9 Å². The van der Waals surface area contributed by atoms with Crippen molar-refractivity contribution in [1.29, 1.82) is 0 Å². The summed E-state index contributed by atoms with van der Waals surface area (Å²) in [5.74, 6) is 0.701. The van der Waals surface area contributed by atoms with Gasteiger partial charge in [0.1, 0.15) is 0 Å². The highest BCUT2D eigenvalue weighted by atomic mass is 32.2. The fraction of sp³-hybridized carbons (Fsp3) is 0.421. The number of benzene rings is 1. The third-order valence-corrected chi connectivity index (χ3v) is 7.60. The monoisotopic (exact) mass is 373 g/mol. The first kappa shape index (κ1) is 16.9. The molecule has 0 aliphatic carbocycles. The molecule has 25 heavy (non-hydrogen) atoms. The maximum absolute atomic E-state index is 12.7. The average Bonchev–Trinajstić information content (AvgIpc) is 3.09. The number of rotatable bonds is 4. The molecule has 5 rings (SSSR count). The predicted octanol–water partition coefficient (Wildman–Crippen LogP) is 3.69. The maximum Gasteiger partial charge on any atom is 0.261 e. The van der Waals surface area contributed by atoms with Crippen LogP contribution in [0.3, 0.4) is 0 Å². The number of carbonyl (C=O) groups excluding carboxylic acids is 1. The number of carbonyl (C=O) groups is 1. The second kappa shape index (κ2) is 7.02. The summed E-state index contributed by atoms with van der Waals surface area (Å²) in [4.78, 5) is 17.1. The van der Waals surface area contributed by atoms with E-state index in [1.165, 1.54) is 25.9 Å². The molecule has 0 saturated carbocycles. The van der Waals surface area contributed by atoms with Crippen molar-refractivity contribution in [1.82, 2.24) is 10.2 Å². The third kappa shape index (κ3) is 3.57. The first-order valence-corrected chi connectivity index (χ1v) is 10.4. The van der Waals surface area contributed by atoms with Crippen molar-refractivity contribution in [3.05, 3.63) is 41.3 Å². The van der Waals surface area contributed by atoms with Crippen LogP contribution in [-0.4, -0.2) is 36.0 Å². The quantitative estimate of drug-likeness (QED) is 0.803. The number of hydrogen-bond donors (Lipinski definition) is 2. The Hall–Kier alpha value is -1.50. The number of nitrogens with two attached hydrogens (primary N) is 1. The lowest BCUT2D eigenvalue weighted by Gasteiger charge is -2.49. The van der Waals surface area contributed by atoms with E-state index >= 15 is 0 Å². The van der Waals surface area contributed by atoms with Crippen molar-refractivity contribution in [3.8, 4) is 0 Å². The number of anilines is 1. The minimum absolute atomic E-state index is 0.0692. The van der Waals surface area contributed by atoms with Crippen molar-refractivity contribution < 1.29 is 4.79 Å². The summed E-state index contributed by atoms with van der Waals surface area (Å²) >= 11 is 3.22. The van der Waals surface area contributed by atoms with Crippen LogP contribution in [-0.2, 0) is 0 Å². The Morgan fingerprint density at radius 2 is 1.92 bits per heavy atom. The molecule has 3 saturated heterocycles. The van der Waals surface area contributed by atoms with E-state index in [2.05, 4.69) is 17.1 Å². The first-order valence-electron chi connectivity index (χ1n) is 8.78. The average molecular weight is 374 g/mol. The van der Waals surface area contributed by atoms with Crippen molar-refractivity contribution >= 4 is 34.7 Å². The molecular weight excluding hydrogens is 350 g/mol. The summed E-state index contributed by atoms with van der Waals surface area (Å²) < 4.78 is 1.12. The summed E-state index contributed by atoms with van der Waals surface area (Å²) in [6.45, 7) is 4.60. The van der Waals surface area contributed by atoms with E-state index < -0.39 is 0 Å². The number of piperidine rings is 3. The number of hydrogen-bond acceptors (Lipinski definition) is 5. The molecule has 4 heterocycles. The van der Waals surface area contributed by atoms with Gasteiger partial charge in [0.05, 0.1) is 9.09 Å². The van der Waals surface area contributed by atoms with Crippen LogP contribution in [0.4, 0.5) is 5.69 Å².